The Balaban J connectivity index is 0.00000193. The summed E-state index contributed by atoms with van der Waals surface area (Å²) in [5.74, 6) is 0.900. The summed E-state index contributed by atoms with van der Waals surface area (Å²) in [7, 11) is 0. The number of nitrogens with zero attached hydrogens (tertiary/aromatic N) is 1. The molecule has 0 bridgehead atoms. The Labute approximate surface area is 222 Å². The Hall–Kier alpha value is -1.27. The molecule has 1 aliphatic heterocycles. The van der Waals surface area contributed by atoms with Crippen LogP contribution in [0.1, 0.15) is 29.5 Å². The van der Waals surface area contributed by atoms with Crippen molar-refractivity contribution in [1.82, 2.24) is 10.2 Å². The summed E-state index contributed by atoms with van der Waals surface area (Å²) in [6, 6.07) is 25.3. The summed E-state index contributed by atoms with van der Waals surface area (Å²) in [6.45, 7) is 4.55. The summed E-state index contributed by atoms with van der Waals surface area (Å²) >= 11 is 9.88. The van der Waals surface area contributed by atoms with Crippen molar-refractivity contribution in [2.24, 2.45) is 0 Å². The number of halogens is 4. The van der Waals surface area contributed by atoms with Crippen molar-refractivity contribution in [1.29, 1.82) is 0 Å². The van der Waals surface area contributed by atoms with E-state index in [1.165, 1.54) is 5.56 Å². The van der Waals surface area contributed by atoms with Crippen LogP contribution in [-0.4, -0.2) is 24.0 Å². The van der Waals surface area contributed by atoms with Gasteiger partial charge < -0.3 is 10.1 Å². The molecule has 178 valence electrons. The van der Waals surface area contributed by atoms with Crippen LogP contribution in [0.2, 0.25) is 5.02 Å². The van der Waals surface area contributed by atoms with Crippen LogP contribution >= 0.6 is 52.3 Å². The Morgan fingerprint density at radius 3 is 2.33 bits per heavy atom. The zero-order valence-electron chi connectivity index (χ0n) is 18.4. The molecule has 1 fully saturated rings. The van der Waals surface area contributed by atoms with Crippen molar-refractivity contribution < 1.29 is 4.74 Å². The first-order valence-corrected chi connectivity index (χ1v) is 12.0. The van der Waals surface area contributed by atoms with Gasteiger partial charge in [-0.1, -0.05) is 76.1 Å². The van der Waals surface area contributed by atoms with Gasteiger partial charge in [-0.25, -0.2) is 0 Å². The molecule has 0 amide bonds. The zero-order chi connectivity index (χ0) is 21.5. The Bertz CT molecular complexity index is 982. The molecule has 0 unspecified atom stereocenters. The molecule has 0 aromatic heterocycles. The fraction of sp³-hybridized carbons (Fsp3) is 0.308. The molecule has 3 nitrogen and oxygen atoms in total. The fourth-order valence-electron chi connectivity index (χ4n) is 3.99. The summed E-state index contributed by atoms with van der Waals surface area (Å²) in [6.07, 6.45) is 2.33. The highest BCUT2D eigenvalue weighted by molar-refractivity contribution is 9.10. The minimum absolute atomic E-state index is 0. The maximum Gasteiger partial charge on any atom is 0.124 e. The molecule has 0 radical (unpaired) electrons. The van der Waals surface area contributed by atoms with E-state index >= 15 is 0 Å². The first-order chi connectivity index (χ1) is 15.2. The van der Waals surface area contributed by atoms with E-state index in [4.69, 9.17) is 16.3 Å². The lowest BCUT2D eigenvalue weighted by Gasteiger charge is -2.32. The van der Waals surface area contributed by atoms with Crippen molar-refractivity contribution in [3.63, 3.8) is 0 Å². The predicted octanol–water partition coefficient (Wildman–Crippen LogP) is 7.28. The van der Waals surface area contributed by atoms with Crippen LogP contribution in [0.3, 0.4) is 0 Å². The molecular formula is C26H30BrCl3N2O. The number of rotatable bonds is 8. The molecule has 1 saturated heterocycles. The van der Waals surface area contributed by atoms with E-state index in [2.05, 4.69) is 62.5 Å². The summed E-state index contributed by atoms with van der Waals surface area (Å²) < 4.78 is 7.19. The Kier molecular flexibility index (Phi) is 12.0. The van der Waals surface area contributed by atoms with Gasteiger partial charge in [-0.15, -0.1) is 24.8 Å². The Morgan fingerprint density at radius 2 is 1.61 bits per heavy atom. The van der Waals surface area contributed by atoms with Gasteiger partial charge in [0, 0.05) is 39.8 Å². The normalized spacial score (nSPS) is 14.2. The highest BCUT2D eigenvalue weighted by Gasteiger charge is 2.19. The van der Waals surface area contributed by atoms with Crippen LogP contribution in [0, 0.1) is 0 Å². The number of ether oxygens (including phenoxy) is 1. The summed E-state index contributed by atoms with van der Waals surface area (Å²) in [4.78, 5) is 2.55. The van der Waals surface area contributed by atoms with E-state index in [9.17, 15) is 0 Å². The van der Waals surface area contributed by atoms with Crippen molar-refractivity contribution in [3.05, 3.63) is 99.0 Å². The van der Waals surface area contributed by atoms with Crippen LogP contribution in [0.4, 0.5) is 0 Å². The first-order valence-electron chi connectivity index (χ1n) is 10.8. The molecule has 4 rings (SSSR count). The zero-order valence-corrected chi connectivity index (χ0v) is 22.4. The summed E-state index contributed by atoms with van der Waals surface area (Å²) in [5, 5.41) is 4.48. The molecule has 0 saturated carbocycles. The van der Waals surface area contributed by atoms with Crippen LogP contribution < -0.4 is 10.1 Å². The predicted molar refractivity (Wildman–Crippen MR) is 146 cm³/mol. The van der Waals surface area contributed by atoms with E-state index in [0.717, 1.165) is 65.4 Å². The number of hydrogen-bond donors (Lipinski definition) is 1. The largest absolute Gasteiger partial charge is 0.489 e. The van der Waals surface area contributed by atoms with Crippen molar-refractivity contribution in [2.75, 3.05) is 13.1 Å². The van der Waals surface area contributed by atoms with E-state index in [-0.39, 0.29) is 24.8 Å². The minimum Gasteiger partial charge on any atom is -0.489 e. The second-order valence-corrected chi connectivity index (χ2v) is 9.37. The Morgan fingerprint density at radius 1 is 0.909 bits per heavy atom. The van der Waals surface area contributed by atoms with E-state index in [0.29, 0.717) is 12.6 Å². The van der Waals surface area contributed by atoms with Gasteiger partial charge in [0.1, 0.15) is 12.4 Å². The average molecular weight is 573 g/mol. The average Bonchev–Trinajstić information content (AvgIpc) is 2.80. The third kappa shape index (κ3) is 8.47. The van der Waals surface area contributed by atoms with Gasteiger partial charge in [-0.2, -0.15) is 0 Å². The highest BCUT2D eigenvalue weighted by atomic mass is 79.9. The number of likely N-dealkylation sites (tertiary alicyclic amines) is 1. The molecule has 7 heteroatoms. The molecule has 33 heavy (non-hydrogen) atoms. The van der Waals surface area contributed by atoms with Crippen molar-refractivity contribution >= 4 is 52.3 Å². The van der Waals surface area contributed by atoms with Gasteiger partial charge in [0.15, 0.2) is 0 Å². The third-order valence-electron chi connectivity index (χ3n) is 5.78. The topological polar surface area (TPSA) is 24.5 Å². The smallest absolute Gasteiger partial charge is 0.124 e. The number of piperidine rings is 1. The molecule has 0 atom stereocenters. The molecule has 0 aliphatic carbocycles. The van der Waals surface area contributed by atoms with Gasteiger partial charge in [-0.3, -0.25) is 4.90 Å². The standard InChI is InChI=1S/C26H28BrClN2O.2ClH/c27-23-10-11-26(31-19-21-8-4-5-9-25(21)28)22(16-23)17-29-24-12-14-30(15-13-24)18-20-6-2-1-3-7-20;;/h1-11,16,24,29H,12-15,17-19H2;2*1H. The molecule has 1 N–H and O–H groups in total. The van der Waals surface area contributed by atoms with E-state index in [1.807, 2.05) is 36.4 Å². The van der Waals surface area contributed by atoms with E-state index < -0.39 is 0 Å². The van der Waals surface area contributed by atoms with Gasteiger partial charge in [0.05, 0.1) is 0 Å². The molecule has 0 spiro atoms. The molecule has 1 aliphatic rings. The van der Waals surface area contributed by atoms with Crippen LogP contribution in [0.15, 0.2) is 77.3 Å². The first kappa shape index (κ1) is 28.0. The lowest BCUT2D eigenvalue weighted by Crippen LogP contribution is -2.41. The van der Waals surface area contributed by atoms with Crippen molar-refractivity contribution in [2.45, 2.75) is 38.6 Å². The number of hydrogen-bond acceptors (Lipinski definition) is 3. The maximum absolute atomic E-state index is 6.28. The second-order valence-electron chi connectivity index (χ2n) is 8.05. The van der Waals surface area contributed by atoms with Crippen LogP contribution in [-0.2, 0) is 19.7 Å². The number of nitrogens with one attached hydrogen (secondary N) is 1. The van der Waals surface area contributed by atoms with Crippen LogP contribution in [0.5, 0.6) is 5.75 Å². The maximum atomic E-state index is 6.28. The van der Waals surface area contributed by atoms with Gasteiger partial charge in [0.2, 0.25) is 0 Å². The monoisotopic (exact) mass is 570 g/mol. The number of benzene rings is 3. The van der Waals surface area contributed by atoms with Gasteiger partial charge in [0.25, 0.3) is 0 Å². The van der Waals surface area contributed by atoms with E-state index in [1.54, 1.807) is 0 Å². The van der Waals surface area contributed by atoms with Gasteiger partial charge >= 0.3 is 0 Å². The lowest BCUT2D eigenvalue weighted by molar-refractivity contribution is 0.189. The molecular weight excluding hydrogens is 543 g/mol. The van der Waals surface area contributed by atoms with Crippen molar-refractivity contribution in [3.8, 4) is 5.75 Å². The lowest BCUT2D eigenvalue weighted by atomic mass is 10.0. The minimum atomic E-state index is 0. The molecule has 3 aromatic carbocycles. The molecule has 1 heterocycles. The molecule has 3 aromatic rings. The SMILES string of the molecule is Cl.Cl.Clc1ccccc1COc1ccc(Br)cc1CNC1CCN(Cc2ccccc2)CC1. The summed E-state index contributed by atoms with van der Waals surface area (Å²) in [5.41, 5.74) is 3.55. The second kappa shape index (κ2) is 14.2. The fourth-order valence-corrected chi connectivity index (χ4v) is 4.59. The van der Waals surface area contributed by atoms with Crippen LogP contribution in [0.25, 0.3) is 0 Å². The van der Waals surface area contributed by atoms with Gasteiger partial charge in [-0.05, 0) is 55.8 Å². The quantitative estimate of drug-likeness (QED) is 0.307. The highest BCUT2D eigenvalue weighted by Crippen LogP contribution is 2.26. The third-order valence-corrected chi connectivity index (χ3v) is 6.64.